The van der Waals surface area contributed by atoms with E-state index >= 15 is 0 Å². The molecule has 6 heteroatoms. The highest BCUT2D eigenvalue weighted by Crippen LogP contribution is 1.97. The molecular weight excluding hydrogens is 236 g/mol. The number of carbonyl (C=O) groups is 1. The van der Waals surface area contributed by atoms with Gasteiger partial charge in [0.1, 0.15) is 0 Å². The molecule has 0 atom stereocenters. The number of urea groups is 1. The number of nitrogens with zero attached hydrogens (tertiary/aromatic N) is 1. The second kappa shape index (κ2) is 10.1. The lowest BCUT2D eigenvalue weighted by Gasteiger charge is -2.26. The smallest absolute Gasteiger partial charge is 0.317 e. The Bertz CT molecular complexity index is 220. The van der Waals surface area contributed by atoms with E-state index in [1.807, 2.05) is 0 Å². The van der Waals surface area contributed by atoms with Crippen molar-refractivity contribution in [1.82, 2.24) is 10.2 Å². The summed E-state index contributed by atoms with van der Waals surface area (Å²) in [6.07, 6.45) is 1.89. The molecule has 0 aliphatic carbocycles. The first-order chi connectivity index (χ1) is 8.84. The van der Waals surface area contributed by atoms with Gasteiger partial charge in [-0.2, -0.15) is 0 Å². The zero-order chi connectivity index (χ0) is 13.1. The Morgan fingerprint density at radius 2 is 2.00 bits per heavy atom. The number of methoxy groups -OCH3 is 1. The zero-order valence-corrected chi connectivity index (χ0v) is 11.2. The maximum Gasteiger partial charge on any atom is 0.317 e. The highest BCUT2D eigenvalue weighted by molar-refractivity contribution is 5.74. The quantitative estimate of drug-likeness (QED) is 0.645. The lowest BCUT2D eigenvalue weighted by Crippen LogP contribution is -2.46. The summed E-state index contributed by atoms with van der Waals surface area (Å²) in [7, 11) is 1.66. The van der Waals surface area contributed by atoms with E-state index in [9.17, 15) is 4.79 Å². The summed E-state index contributed by atoms with van der Waals surface area (Å²) in [5.41, 5.74) is 0. The highest BCUT2D eigenvalue weighted by atomic mass is 16.5. The first-order valence-corrected chi connectivity index (χ1v) is 6.52. The molecule has 1 saturated heterocycles. The number of hydrogen-bond donors (Lipinski definition) is 1. The van der Waals surface area contributed by atoms with Gasteiger partial charge in [0.2, 0.25) is 0 Å². The van der Waals surface area contributed by atoms with E-state index in [0.717, 1.165) is 19.4 Å². The van der Waals surface area contributed by atoms with Crippen molar-refractivity contribution in [2.45, 2.75) is 12.8 Å². The van der Waals surface area contributed by atoms with Gasteiger partial charge in [-0.1, -0.05) is 0 Å². The number of hydrogen-bond acceptors (Lipinski definition) is 4. The van der Waals surface area contributed by atoms with Crippen LogP contribution in [0.3, 0.4) is 0 Å². The van der Waals surface area contributed by atoms with Crippen molar-refractivity contribution in [2.24, 2.45) is 0 Å². The van der Waals surface area contributed by atoms with Crippen molar-refractivity contribution in [3.8, 4) is 0 Å². The largest absolute Gasteiger partial charge is 0.382 e. The van der Waals surface area contributed by atoms with Crippen LogP contribution in [0, 0.1) is 0 Å². The summed E-state index contributed by atoms with van der Waals surface area (Å²) < 4.78 is 15.4. The Morgan fingerprint density at radius 1 is 1.22 bits per heavy atom. The molecule has 0 saturated carbocycles. The molecule has 0 spiro atoms. The van der Waals surface area contributed by atoms with Crippen LogP contribution in [0.5, 0.6) is 0 Å². The monoisotopic (exact) mass is 260 g/mol. The number of amides is 2. The van der Waals surface area contributed by atoms with E-state index in [1.165, 1.54) is 0 Å². The Hall–Kier alpha value is -0.850. The van der Waals surface area contributed by atoms with Crippen molar-refractivity contribution in [3.05, 3.63) is 0 Å². The van der Waals surface area contributed by atoms with E-state index in [1.54, 1.807) is 12.0 Å². The number of ether oxygens (including phenoxy) is 3. The van der Waals surface area contributed by atoms with Gasteiger partial charge < -0.3 is 24.4 Å². The summed E-state index contributed by atoms with van der Waals surface area (Å²) in [6, 6.07) is 0.0126. The van der Waals surface area contributed by atoms with Crippen LogP contribution in [0.15, 0.2) is 0 Å². The number of morpholine rings is 1. The lowest BCUT2D eigenvalue weighted by atomic mass is 10.3. The van der Waals surface area contributed by atoms with Crippen molar-refractivity contribution in [2.75, 3.05) is 59.8 Å². The summed E-state index contributed by atoms with van der Waals surface area (Å²) in [5.74, 6) is 0. The number of carbonyl (C=O) groups excluding carboxylic acids is 1. The summed E-state index contributed by atoms with van der Waals surface area (Å²) in [4.78, 5) is 13.5. The number of rotatable bonds is 8. The molecule has 0 bridgehead atoms. The molecule has 0 unspecified atom stereocenters. The van der Waals surface area contributed by atoms with Crippen LogP contribution in [-0.4, -0.2) is 70.7 Å². The average molecular weight is 260 g/mol. The maximum absolute atomic E-state index is 11.7. The van der Waals surface area contributed by atoms with Crippen LogP contribution in [0.25, 0.3) is 0 Å². The second-order valence-corrected chi connectivity index (χ2v) is 4.14. The van der Waals surface area contributed by atoms with Crippen molar-refractivity contribution >= 4 is 6.03 Å². The first kappa shape index (κ1) is 15.2. The molecule has 6 nitrogen and oxygen atoms in total. The molecule has 0 aromatic rings. The molecule has 1 aliphatic heterocycles. The summed E-state index contributed by atoms with van der Waals surface area (Å²) >= 11 is 0. The van der Waals surface area contributed by atoms with Crippen LogP contribution in [0.2, 0.25) is 0 Å². The average Bonchev–Trinajstić information content (AvgIpc) is 2.42. The number of unbranched alkanes of at least 4 members (excludes halogenated alkanes) is 1. The Labute approximate surface area is 109 Å². The summed E-state index contributed by atoms with van der Waals surface area (Å²) in [6.45, 7) is 5.34. The maximum atomic E-state index is 11.7. The molecule has 1 N–H and O–H groups in total. The zero-order valence-electron chi connectivity index (χ0n) is 11.2. The van der Waals surface area contributed by atoms with Gasteiger partial charge >= 0.3 is 6.03 Å². The van der Waals surface area contributed by atoms with Gasteiger partial charge in [0.15, 0.2) is 0 Å². The van der Waals surface area contributed by atoms with Crippen molar-refractivity contribution in [1.29, 1.82) is 0 Å². The van der Waals surface area contributed by atoms with Gasteiger partial charge in [-0.25, -0.2) is 4.79 Å². The van der Waals surface area contributed by atoms with Gasteiger partial charge in [-0.15, -0.1) is 0 Å². The minimum Gasteiger partial charge on any atom is -0.382 e. The molecule has 106 valence electrons. The highest BCUT2D eigenvalue weighted by Gasteiger charge is 2.15. The van der Waals surface area contributed by atoms with E-state index < -0.39 is 0 Å². The SMILES string of the molecule is COCCOCCCCNC(=O)N1CCOCC1. The fourth-order valence-corrected chi connectivity index (χ4v) is 1.65. The minimum absolute atomic E-state index is 0.0126. The van der Waals surface area contributed by atoms with Crippen molar-refractivity contribution in [3.63, 3.8) is 0 Å². The third-order valence-corrected chi connectivity index (χ3v) is 2.72. The van der Waals surface area contributed by atoms with Crippen LogP contribution in [0.4, 0.5) is 4.79 Å². The Balaban J connectivity index is 1.89. The van der Waals surface area contributed by atoms with Crippen LogP contribution >= 0.6 is 0 Å². The van der Waals surface area contributed by atoms with Gasteiger partial charge in [0.05, 0.1) is 26.4 Å². The second-order valence-electron chi connectivity index (χ2n) is 4.14. The molecule has 0 radical (unpaired) electrons. The lowest BCUT2D eigenvalue weighted by molar-refractivity contribution is 0.0530. The standard InChI is InChI=1S/C12H24N2O4/c1-16-10-11-17-7-3-2-4-13-12(15)14-5-8-18-9-6-14/h2-11H2,1H3,(H,13,15). The topological polar surface area (TPSA) is 60.0 Å². The Morgan fingerprint density at radius 3 is 2.72 bits per heavy atom. The molecule has 2 amide bonds. The fourth-order valence-electron chi connectivity index (χ4n) is 1.65. The molecule has 1 rings (SSSR count). The van der Waals surface area contributed by atoms with Gasteiger partial charge in [-0.3, -0.25) is 0 Å². The molecule has 0 aromatic heterocycles. The molecular formula is C12H24N2O4. The normalized spacial score (nSPS) is 15.7. The molecule has 1 fully saturated rings. The minimum atomic E-state index is 0.0126. The molecule has 0 aromatic carbocycles. The van der Waals surface area contributed by atoms with Gasteiger partial charge in [0, 0.05) is 33.4 Å². The molecule has 1 aliphatic rings. The third-order valence-electron chi connectivity index (χ3n) is 2.72. The van der Waals surface area contributed by atoms with Gasteiger partial charge in [0.25, 0.3) is 0 Å². The predicted molar refractivity (Wildman–Crippen MR) is 67.7 cm³/mol. The van der Waals surface area contributed by atoms with Gasteiger partial charge in [-0.05, 0) is 12.8 Å². The first-order valence-electron chi connectivity index (χ1n) is 6.52. The van der Waals surface area contributed by atoms with E-state index in [4.69, 9.17) is 14.2 Å². The molecule has 1 heterocycles. The van der Waals surface area contributed by atoms with Crippen LogP contribution in [-0.2, 0) is 14.2 Å². The fraction of sp³-hybridized carbons (Fsp3) is 0.917. The van der Waals surface area contributed by atoms with Crippen LogP contribution in [0.1, 0.15) is 12.8 Å². The van der Waals surface area contributed by atoms with Crippen molar-refractivity contribution < 1.29 is 19.0 Å². The van der Waals surface area contributed by atoms with E-state index in [0.29, 0.717) is 46.1 Å². The molecule has 18 heavy (non-hydrogen) atoms. The van der Waals surface area contributed by atoms with E-state index in [2.05, 4.69) is 5.32 Å². The third kappa shape index (κ3) is 6.78. The number of nitrogens with one attached hydrogen (secondary N) is 1. The summed E-state index contributed by atoms with van der Waals surface area (Å²) in [5, 5.41) is 2.91. The Kier molecular flexibility index (Phi) is 8.54. The van der Waals surface area contributed by atoms with Crippen LogP contribution < -0.4 is 5.32 Å². The van der Waals surface area contributed by atoms with E-state index in [-0.39, 0.29) is 6.03 Å². The predicted octanol–water partition coefficient (Wildman–Crippen LogP) is 0.471.